The molecule has 1 fully saturated rings. The minimum Gasteiger partial charge on any atom is -0.458 e. The molecule has 1 aliphatic rings. The van der Waals surface area contributed by atoms with E-state index in [4.69, 9.17) is 4.74 Å². The van der Waals surface area contributed by atoms with Crippen LogP contribution in [-0.2, 0) is 38.3 Å². The summed E-state index contributed by atoms with van der Waals surface area (Å²) in [6.07, 6.45) is 9.43. The number of aliphatic hydroxyl groups is 3. The summed E-state index contributed by atoms with van der Waals surface area (Å²) in [5.41, 5.74) is 0. The molecule has 0 aromatic carbocycles. The molecule has 0 bridgehead atoms. The first-order valence-electron chi connectivity index (χ1n) is 23.2. The van der Waals surface area contributed by atoms with Gasteiger partial charge in [-0.15, -0.1) is 0 Å². The van der Waals surface area contributed by atoms with Gasteiger partial charge in [-0.3, -0.25) is 28.8 Å². The molecule has 1 heterocycles. The molecule has 0 spiro atoms. The Kier molecular flexibility index (Phi) is 27.4. The van der Waals surface area contributed by atoms with Crippen molar-refractivity contribution in [3.05, 3.63) is 0 Å². The standard InChI is InChI=1S/C45H82N6O11/c1-10-11-12-13-14-15-16-17-18-19-20-21-32(54)25-37(55)46-33(22-27(2)3)41(57)51-39-31(9)62-45(61)35(24-29(6)7)48-40(56)34(23-28(4)5)47-43(59)38(30(8)53)50-42(58)36(26-52)49-44(39)60/h27-36,38-39,52-54H,10-26H2,1-9H3,(H,46,55)(H,47,59)(H,48,56)(H,49,60)(H,50,58)(H,51,57)/t30-,31-,32?,33?,34?,35?,36+,38-,39-/m0/s1. The molecule has 6 amide bonds. The molecule has 1 saturated heterocycles. The quantitative estimate of drug-likeness (QED) is 0.0476. The lowest BCUT2D eigenvalue weighted by Crippen LogP contribution is -2.64. The SMILES string of the molecule is CCCCCCCCCCCCCC(O)CC(=O)NC(CC(C)C)C(=O)N[C@@H]1C(=O)N[C@H](CO)C(=O)N[C@@H]([C@H](C)O)C(=O)NC(CC(C)C)C(=O)NC(CC(C)C)C(=O)O[C@H]1C. The van der Waals surface area contributed by atoms with Crippen LogP contribution in [0.3, 0.4) is 0 Å². The third-order valence-corrected chi connectivity index (χ3v) is 10.8. The van der Waals surface area contributed by atoms with E-state index in [1.165, 1.54) is 58.8 Å². The lowest BCUT2D eigenvalue weighted by atomic mass is 9.99. The molecular weight excluding hydrogens is 801 g/mol. The monoisotopic (exact) mass is 883 g/mol. The predicted octanol–water partition coefficient (Wildman–Crippen LogP) is 2.80. The number of nitrogens with one attached hydrogen (secondary N) is 6. The van der Waals surface area contributed by atoms with Crippen LogP contribution >= 0.6 is 0 Å². The molecule has 1 aliphatic heterocycles. The Morgan fingerprint density at radius 3 is 1.68 bits per heavy atom. The molecule has 0 aromatic rings. The Bertz CT molecular complexity index is 1390. The van der Waals surface area contributed by atoms with E-state index < -0.39 is 103 Å². The lowest BCUT2D eigenvalue weighted by molar-refractivity contribution is -0.156. The van der Waals surface area contributed by atoms with Crippen molar-refractivity contribution in [2.45, 2.75) is 220 Å². The normalized spacial score (nSPS) is 23.5. The number of carbonyl (C=O) groups is 7. The zero-order valence-corrected chi connectivity index (χ0v) is 39.1. The van der Waals surface area contributed by atoms with Gasteiger partial charge in [-0.1, -0.05) is 119 Å². The van der Waals surface area contributed by atoms with Gasteiger partial charge in [0, 0.05) is 0 Å². The number of unbranched alkanes of at least 4 members (excludes halogenated alkanes) is 10. The molecule has 1 rings (SSSR count). The van der Waals surface area contributed by atoms with E-state index >= 15 is 0 Å². The maximum absolute atomic E-state index is 14.0. The van der Waals surface area contributed by atoms with Crippen LogP contribution in [0.25, 0.3) is 0 Å². The van der Waals surface area contributed by atoms with Gasteiger partial charge in [0.25, 0.3) is 0 Å². The number of hydrogen-bond donors (Lipinski definition) is 9. The van der Waals surface area contributed by atoms with Gasteiger partial charge in [-0.25, -0.2) is 4.79 Å². The Hall–Kier alpha value is -3.83. The zero-order valence-electron chi connectivity index (χ0n) is 39.1. The highest BCUT2D eigenvalue weighted by molar-refractivity contribution is 5.97. The van der Waals surface area contributed by atoms with Crippen LogP contribution in [-0.4, -0.2) is 118 Å². The maximum Gasteiger partial charge on any atom is 0.328 e. The van der Waals surface area contributed by atoms with Gasteiger partial charge < -0.3 is 52.0 Å². The molecule has 0 aliphatic carbocycles. The number of carbonyl (C=O) groups excluding carboxylic acids is 7. The van der Waals surface area contributed by atoms with Crippen molar-refractivity contribution >= 4 is 41.4 Å². The van der Waals surface area contributed by atoms with Crippen molar-refractivity contribution in [1.29, 1.82) is 0 Å². The summed E-state index contributed by atoms with van der Waals surface area (Å²) in [6, 6.07) is -8.63. The fourth-order valence-electron chi connectivity index (χ4n) is 7.34. The van der Waals surface area contributed by atoms with Crippen LogP contribution in [0.15, 0.2) is 0 Å². The highest BCUT2D eigenvalue weighted by atomic mass is 16.5. The van der Waals surface area contributed by atoms with Crippen LogP contribution in [0.5, 0.6) is 0 Å². The van der Waals surface area contributed by atoms with E-state index in [0.29, 0.717) is 6.42 Å². The summed E-state index contributed by atoms with van der Waals surface area (Å²) in [5, 5.41) is 46.5. The third kappa shape index (κ3) is 22.5. The minimum absolute atomic E-state index is 0.107. The highest BCUT2D eigenvalue weighted by Crippen LogP contribution is 2.16. The summed E-state index contributed by atoms with van der Waals surface area (Å²) < 4.78 is 5.73. The van der Waals surface area contributed by atoms with Gasteiger partial charge in [-0.2, -0.15) is 0 Å². The molecule has 0 aromatic heterocycles. The van der Waals surface area contributed by atoms with Crippen LogP contribution in [0, 0.1) is 17.8 Å². The van der Waals surface area contributed by atoms with Crippen molar-refractivity contribution in [3.8, 4) is 0 Å². The summed E-state index contributed by atoms with van der Waals surface area (Å²) >= 11 is 0. The molecule has 4 unspecified atom stereocenters. The Morgan fingerprint density at radius 2 is 1.16 bits per heavy atom. The number of cyclic esters (lactones) is 1. The largest absolute Gasteiger partial charge is 0.458 e. The highest BCUT2D eigenvalue weighted by Gasteiger charge is 2.39. The molecule has 0 radical (unpaired) electrons. The summed E-state index contributed by atoms with van der Waals surface area (Å²) in [6.45, 7) is 14.7. The molecule has 9 N–H and O–H groups in total. The number of aliphatic hydroxyl groups excluding tert-OH is 3. The summed E-state index contributed by atoms with van der Waals surface area (Å²) in [4.78, 5) is 95.4. The van der Waals surface area contributed by atoms with Crippen LogP contribution in [0.2, 0.25) is 0 Å². The minimum atomic E-state index is -1.71. The van der Waals surface area contributed by atoms with Crippen molar-refractivity contribution in [2.24, 2.45) is 17.8 Å². The molecular formula is C45H82N6O11. The van der Waals surface area contributed by atoms with Gasteiger partial charge in [0.1, 0.15) is 42.4 Å². The average molecular weight is 883 g/mol. The van der Waals surface area contributed by atoms with E-state index in [0.717, 1.165) is 25.7 Å². The van der Waals surface area contributed by atoms with Gasteiger partial charge >= 0.3 is 5.97 Å². The van der Waals surface area contributed by atoms with Gasteiger partial charge in [0.15, 0.2) is 0 Å². The van der Waals surface area contributed by atoms with E-state index in [2.05, 4.69) is 38.8 Å². The average Bonchev–Trinajstić information content (AvgIpc) is 3.17. The van der Waals surface area contributed by atoms with Gasteiger partial charge in [0.2, 0.25) is 35.4 Å². The summed E-state index contributed by atoms with van der Waals surface area (Å²) in [7, 11) is 0. The molecule has 358 valence electrons. The first-order valence-corrected chi connectivity index (χ1v) is 23.2. The van der Waals surface area contributed by atoms with E-state index in [-0.39, 0.29) is 43.4 Å². The Labute approximate surface area is 370 Å². The number of ether oxygens (including phenoxy) is 1. The Balaban J connectivity index is 3.29. The van der Waals surface area contributed by atoms with Crippen LogP contribution < -0.4 is 31.9 Å². The van der Waals surface area contributed by atoms with Gasteiger partial charge in [-0.05, 0) is 57.3 Å². The van der Waals surface area contributed by atoms with Crippen LogP contribution in [0.1, 0.15) is 165 Å². The first-order chi connectivity index (χ1) is 29.2. The predicted molar refractivity (Wildman–Crippen MR) is 236 cm³/mol. The van der Waals surface area contributed by atoms with Crippen LogP contribution in [0.4, 0.5) is 0 Å². The lowest BCUT2D eigenvalue weighted by Gasteiger charge is -2.31. The van der Waals surface area contributed by atoms with E-state index in [9.17, 15) is 48.9 Å². The molecule has 62 heavy (non-hydrogen) atoms. The number of amides is 6. The summed E-state index contributed by atoms with van der Waals surface area (Å²) in [5.74, 6) is -6.46. The molecule has 17 heteroatoms. The van der Waals surface area contributed by atoms with Gasteiger partial charge in [0.05, 0.1) is 25.2 Å². The molecule has 17 nitrogen and oxygen atoms in total. The fourth-order valence-corrected chi connectivity index (χ4v) is 7.34. The smallest absolute Gasteiger partial charge is 0.328 e. The number of hydrogen-bond acceptors (Lipinski definition) is 11. The van der Waals surface area contributed by atoms with Crippen molar-refractivity contribution in [1.82, 2.24) is 31.9 Å². The molecule has 0 saturated carbocycles. The fraction of sp³-hybridized carbons (Fsp3) is 0.844. The van der Waals surface area contributed by atoms with Crippen molar-refractivity contribution < 1.29 is 53.6 Å². The van der Waals surface area contributed by atoms with E-state index in [1.54, 1.807) is 0 Å². The molecule has 9 atom stereocenters. The zero-order chi connectivity index (χ0) is 46.9. The topological polar surface area (TPSA) is 262 Å². The van der Waals surface area contributed by atoms with Crippen molar-refractivity contribution in [3.63, 3.8) is 0 Å². The number of rotatable bonds is 25. The van der Waals surface area contributed by atoms with E-state index in [1.807, 2.05) is 41.5 Å². The number of esters is 1. The first kappa shape index (κ1) is 56.2. The Morgan fingerprint density at radius 1 is 0.661 bits per heavy atom. The third-order valence-electron chi connectivity index (χ3n) is 10.8. The second-order valence-corrected chi connectivity index (χ2v) is 18.4. The maximum atomic E-state index is 14.0. The van der Waals surface area contributed by atoms with Crippen molar-refractivity contribution in [2.75, 3.05) is 6.61 Å². The second kappa shape index (κ2) is 30.3. The second-order valence-electron chi connectivity index (χ2n) is 18.4.